The number of aromatic carboxylic acids is 4. The van der Waals surface area contributed by atoms with Crippen LogP contribution >= 0.6 is 0 Å². The van der Waals surface area contributed by atoms with Crippen LogP contribution in [0.1, 0.15) is 41.4 Å². The van der Waals surface area contributed by atoms with Gasteiger partial charge in [0.2, 0.25) is 0 Å². The Kier molecular flexibility index (Phi) is 23.1. The third-order valence-corrected chi connectivity index (χ3v) is 2.71. The second-order valence-electron chi connectivity index (χ2n) is 4.30. The minimum absolute atomic E-state index is 0. The number of rotatable bonds is 4. The van der Waals surface area contributed by atoms with Crippen molar-refractivity contribution in [3.8, 4) is 0 Å². The molecular formula is C16H8Na4O8. The fraction of sp³-hybridized carbons (Fsp3) is 0. The van der Waals surface area contributed by atoms with Gasteiger partial charge in [0, 0.05) is 0 Å². The van der Waals surface area contributed by atoms with Crippen molar-refractivity contribution in [3.63, 3.8) is 0 Å². The number of carboxylic acid groups (broad SMARTS) is 4. The molecule has 0 saturated carbocycles. The first-order valence-electron chi connectivity index (χ1n) is 6.28. The maximum atomic E-state index is 10.2. The first-order chi connectivity index (χ1) is 11.2. The maximum Gasteiger partial charge on any atom is 1.00 e. The summed E-state index contributed by atoms with van der Waals surface area (Å²) in [7, 11) is 0. The van der Waals surface area contributed by atoms with Gasteiger partial charge in [-0.25, -0.2) is 0 Å². The molecule has 2 aromatic carbocycles. The fourth-order valence-electron chi connectivity index (χ4n) is 1.48. The number of benzene rings is 2. The quantitative estimate of drug-likeness (QED) is 0.441. The van der Waals surface area contributed by atoms with Crippen molar-refractivity contribution in [2.75, 3.05) is 0 Å². The molecule has 0 bridgehead atoms. The van der Waals surface area contributed by atoms with Gasteiger partial charge < -0.3 is 39.6 Å². The summed E-state index contributed by atoms with van der Waals surface area (Å²) in [4.78, 5) is 40.8. The standard InChI is InChI=1S/2C8H6O4.4Na/c2*9-7(10)5-1-2-6(4-3-5)8(11)12;;;;/h2*1-4H,(H,9,10)(H,11,12);;;;/q;;4*+1/p-4. The van der Waals surface area contributed by atoms with E-state index in [4.69, 9.17) is 0 Å². The SMILES string of the molecule is O=C([O-])c1ccc(C(=O)[O-])cc1.O=C([O-])c1ccc(C(=O)[O-])cc1.[Na+].[Na+].[Na+].[Na+]. The molecule has 0 aliphatic heterocycles. The van der Waals surface area contributed by atoms with E-state index in [2.05, 4.69) is 0 Å². The molecule has 0 aliphatic carbocycles. The summed E-state index contributed by atoms with van der Waals surface area (Å²) in [6.45, 7) is 0. The van der Waals surface area contributed by atoms with E-state index in [9.17, 15) is 39.6 Å². The minimum atomic E-state index is -1.33. The Balaban J connectivity index is -0.000000180. The van der Waals surface area contributed by atoms with Crippen LogP contribution < -0.4 is 139 Å². The van der Waals surface area contributed by atoms with E-state index < -0.39 is 23.9 Å². The van der Waals surface area contributed by atoms with Gasteiger partial charge >= 0.3 is 118 Å². The van der Waals surface area contributed by atoms with Crippen LogP contribution in [0.2, 0.25) is 0 Å². The average molecular weight is 420 g/mol. The second kappa shape index (κ2) is 18.1. The summed E-state index contributed by atoms with van der Waals surface area (Å²) in [5.74, 6) is -5.33. The zero-order valence-electron chi connectivity index (χ0n) is 15.9. The van der Waals surface area contributed by atoms with Gasteiger partial charge in [0.15, 0.2) is 0 Å². The molecule has 12 heteroatoms. The fourth-order valence-corrected chi connectivity index (χ4v) is 1.48. The summed E-state index contributed by atoms with van der Waals surface area (Å²) >= 11 is 0. The van der Waals surface area contributed by atoms with Crippen LogP contribution in [0.3, 0.4) is 0 Å². The van der Waals surface area contributed by atoms with E-state index in [0.717, 1.165) is 48.5 Å². The third kappa shape index (κ3) is 12.8. The largest absolute Gasteiger partial charge is 1.00 e. The molecule has 0 amide bonds. The van der Waals surface area contributed by atoms with Crippen LogP contribution in [0.5, 0.6) is 0 Å². The third-order valence-electron chi connectivity index (χ3n) is 2.71. The van der Waals surface area contributed by atoms with Gasteiger partial charge in [-0.05, 0) is 22.3 Å². The van der Waals surface area contributed by atoms with Crippen LogP contribution in [0.25, 0.3) is 0 Å². The van der Waals surface area contributed by atoms with Gasteiger partial charge in [0.05, 0.1) is 23.9 Å². The van der Waals surface area contributed by atoms with E-state index in [-0.39, 0.29) is 140 Å². The molecule has 0 atom stereocenters. The number of carbonyl (C=O) groups is 4. The average Bonchev–Trinajstić information content (AvgIpc) is 2.55. The Bertz CT molecular complexity index is 643. The molecule has 8 nitrogen and oxygen atoms in total. The summed E-state index contributed by atoms with van der Waals surface area (Å²) in [5, 5.41) is 40.8. The van der Waals surface area contributed by atoms with E-state index in [1.807, 2.05) is 0 Å². The first-order valence-corrected chi connectivity index (χ1v) is 6.28. The summed E-state index contributed by atoms with van der Waals surface area (Å²) < 4.78 is 0. The molecule has 0 aromatic heterocycles. The number of carbonyl (C=O) groups excluding carboxylic acids is 4. The summed E-state index contributed by atoms with van der Waals surface area (Å²) in [5.41, 5.74) is -0.222. The van der Waals surface area contributed by atoms with Gasteiger partial charge in [0.25, 0.3) is 0 Å². The van der Waals surface area contributed by atoms with Crippen molar-refractivity contribution >= 4 is 23.9 Å². The number of hydrogen-bond acceptors (Lipinski definition) is 8. The minimum Gasteiger partial charge on any atom is -0.545 e. The molecule has 2 aromatic rings. The van der Waals surface area contributed by atoms with E-state index in [1.54, 1.807) is 0 Å². The van der Waals surface area contributed by atoms with E-state index in [0.29, 0.717) is 0 Å². The van der Waals surface area contributed by atoms with Crippen molar-refractivity contribution in [1.29, 1.82) is 0 Å². The van der Waals surface area contributed by atoms with Gasteiger partial charge in [-0.1, -0.05) is 48.5 Å². The van der Waals surface area contributed by atoms with Crippen LogP contribution in [0.15, 0.2) is 48.5 Å². The molecule has 0 heterocycles. The molecule has 124 valence electrons. The topological polar surface area (TPSA) is 161 Å². The second-order valence-corrected chi connectivity index (χ2v) is 4.30. The Labute approximate surface area is 248 Å². The first kappa shape index (κ1) is 35.7. The summed E-state index contributed by atoms with van der Waals surface area (Å²) in [6, 6.07) is 9.23. The molecule has 28 heavy (non-hydrogen) atoms. The van der Waals surface area contributed by atoms with Crippen LogP contribution in [-0.4, -0.2) is 23.9 Å². The van der Waals surface area contributed by atoms with Crippen LogP contribution in [-0.2, 0) is 0 Å². The molecule has 2 rings (SSSR count). The summed E-state index contributed by atoms with van der Waals surface area (Å²) in [6.07, 6.45) is 0. The molecule has 0 N–H and O–H groups in total. The molecule has 0 radical (unpaired) electrons. The van der Waals surface area contributed by atoms with E-state index >= 15 is 0 Å². The zero-order chi connectivity index (χ0) is 18.3. The molecule has 0 spiro atoms. The Morgan fingerprint density at radius 3 is 0.571 bits per heavy atom. The smallest absolute Gasteiger partial charge is 0.545 e. The molecule has 0 unspecified atom stereocenters. The zero-order valence-corrected chi connectivity index (χ0v) is 23.9. The normalized spacial score (nSPS) is 8.00. The molecular weight excluding hydrogens is 412 g/mol. The van der Waals surface area contributed by atoms with E-state index in [1.165, 1.54) is 0 Å². The van der Waals surface area contributed by atoms with Crippen molar-refractivity contribution in [3.05, 3.63) is 70.8 Å². The van der Waals surface area contributed by atoms with Crippen molar-refractivity contribution in [2.45, 2.75) is 0 Å². The number of carboxylic acids is 4. The monoisotopic (exact) mass is 420 g/mol. The van der Waals surface area contributed by atoms with Crippen molar-refractivity contribution < 1.29 is 158 Å². The Morgan fingerprint density at radius 2 is 0.500 bits per heavy atom. The van der Waals surface area contributed by atoms with Crippen molar-refractivity contribution in [1.82, 2.24) is 0 Å². The predicted molar refractivity (Wildman–Crippen MR) is 70.2 cm³/mol. The predicted octanol–water partition coefficient (Wildman–Crippen LogP) is -15.2. The molecule has 0 aliphatic rings. The van der Waals surface area contributed by atoms with Gasteiger partial charge in [-0.2, -0.15) is 0 Å². The molecule has 0 fully saturated rings. The maximum absolute atomic E-state index is 10.2. The molecule has 0 saturated heterocycles. The number of hydrogen-bond donors (Lipinski definition) is 0. The van der Waals surface area contributed by atoms with Gasteiger partial charge in [-0.3, -0.25) is 0 Å². The van der Waals surface area contributed by atoms with Crippen molar-refractivity contribution in [2.24, 2.45) is 0 Å². The Hall–Kier alpha value is 0.320. The van der Waals surface area contributed by atoms with Gasteiger partial charge in [0.1, 0.15) is 0 Å². The van der Waals surface area contributed by atoms with Crippen LogP contribution in [0.4, 0.5) is 0 Å². The van der Waals surface area contributed by atoms with Crippen LogP contribution in [0, 0.1) is 0 Å². The van der Waals surface area contributed by atoms with Gasteiger partial charge in [-0.15, -0.1) is 0 Å². The Morgan fingerprint density at radius 1 is 0.393 bits per heavy atom.